The zero-order valence-corrected chi connectivity index (χ0v) is 16.7. The van der Waals surface area contributed by atoms with Gasteiger partial charge in [0.15, 0.2) is 0 Å². The van der Waals surface area contributed by atoms with Crippen LogP contribution < -0.4 is 10.2 Å². The van der Waals surface area contributed by atoms with Gasteiger partial charge in [-0.2, -0.15) is 0 Å². The Labute approximate surface area is 170 Å². The first-order valence-corrected chi connectivity index (χ1v) is 9.80. The summed E-state index contributed by atoms with van der Waals surface area (Å²) in [4.78, 5) is 28.0. The fraction of sp³-hybridized carbons (Fsp3) is 0.273. The molecular formula is C22H24ClN3O2. The van der Waals surface area contributed by atoms with Gasteiger partial charge in [0.25, 0.3) is 0 Å². The van der Waals surface area contributed by atoms with Gasteiger partial charge in [-0.3, -0.25) is 9.59 Å². The van der Waals surface area contributed by atoms with E-state index in [-0.39, 0.29) is 11.8 Å². The van der Waals surface area contributed by atoms with Crippen molar-refractivity contribution in [3.8, 4) is 0 Å². The van der Waals surface area contributed by atoms with Gasteiger partial charge in [0.05, 0.1) is 0 Å². The minimum Gasteiger partial charge on any atom is -0.368 e. The van der Waals surface area contributed by atoms with E-state index in [2.05, 4.69) is 10.2 Å². The molecule has 0 unspecified atom stereocenters. The summed E-state index contributed by atoms with van der Waals surface area (Å²) < 4.78 is 0. The highest BCUT2D eigenvalue weighted by molar-refractivity contribution is 6.30. The van der Waals surface area contributed by atoms with Crippen LogP contribution in [0, 0.1) is 0 Å². The largest absolute Gasteiger partial charge is 0.368 e. The van der Waals surface area contributed by atoms with E-state index in [1.165, 1.54) is 6.08 Å². The highest BCUT2D eigenvalue weighted by Gasteiger charge is 2.19. The molecule has 1 aliphatic heterocycles. The monoisotopic (exact) mass is 397 g/mol. The van der Waals surface area contributed by atoms with Crippen molar-refractivity contribution in [3.63, 3.8) is 0 Å². The fourth-order valence-corrected chi connectivity index (χ4v) is 3.25. The molecule has 0 aliphatic carbocycles. The number of carbonyl (C=O) groups is 2. The lowest BCUT2D eigenvalue weighted by Gasteiger charge is -2.36. The Morgan fingerprint density at radius 3 is 2.25 bits per heavy atom. The van der Waals surface area contributed by atoms with Crippen LogP contribution in [0.3, 0.4) is 0 Å². The molecule has 5 nitrogen and oxygen atoms in total. The van der Waals surface area contributed by atoms with Crippen molar-refractivity contribution >= 4 is 40.9 Å². The fourth-order valence-electron chi connectivity index (χ4n) is 3.12. The molecule has 3 rings (SSSR count). The molecule has 2 aromatic rings. The van der Waals surface area contributed by atoms with Crippen molar-refractivity contribution in [3.05, 3.63) is 65.2 Å². The van der Waals surface area contributed by atoms with Crippen LogP contribution in [-0.2, 0) is 9.59 Å². The van der Waals surface area contributed by atoms with Gasteiger partial charge in [0.2, 0.25) is 11.8 Å². The molecule has 28 heavy (non-hydrogen) atoms. The van der Waals surface area contributed by atoms with Crippen LogP contribution >= 0.6 is 11.6 Å². The van der Waals surface area contributed by atoms with Crippen LogP contribution in [0.2, 0.25) is 5.02 Å². The standard InChI is InChI=1S/C22H24ClN3O2/c1-2-22(28)26-15-13-25(14-16-26)20-10-8-19(9-11-20)24-21(27)12-5-17-3-6-18(23)7-4-17/h3-12H,2,13-16H2,1H3,(H,24,27). The molecule has 2 amide bonds. The molecule has 1 N–H and O–H groups in total. The Hall–Kier alpha value is -2.79. The first-order valence-electron chi connectivity index (χ1n) is 9.42. The van der Waals surface area contributed by atoms with E-state index < -0.39 is 0 Å². The number of halogens is 1. The predicted octanol–water partition coefficient (Wildman–Crippen LogP) is 4.05. The van der Waals surface area contributed by atoms with E-state index in [9.17, 15) is 9.59 Å². The topological polar surface area (TPSA) is 52.7 Å². The van der Waals surface area contributed by atoms with Crippen molar-refractivity contribution in [2.45, 2.75) is 13.3 Å². The number of nitrogens with one attached hydrogen (secondary N) is 1. The summed E-state index contributed by atoms with van der Waals surface area (Å²) in [5.41, 5.74) is 2.75. The SMILES string of the molecule is CCC(=O)N1CCN(c2ccc(NC(=O)C=Cc3ccc(Cl)cc3)cc2)CC1. The molecule has 1 fully saturated rings. The molecule has 0 saturated carbocycles. The molecule has 1 heterocycles. The van der Waals surface area contributed by atoms with Gasteiger partial charge in [0, 0.05) is 55.1 Å². The van der Waals surface area contributed by atoms with Crippen molar-refractivity contribution in [1.82, 2.24) is 4.90 Å². The Kier molecular flexibility index (Phi) is 6.71. The number of anilines is 2. The Balaban J connectivity index is 1.52. The summed E-state index contributed by atoms with van der Waals surface area (Å²) in [6, 6.07) is 15.1. The number of carbonyl (C=O) groups excluding carboxylic acids is 2. The van der Waals surface area contributed by atoms with Gasteiger partial charge >= 0.3 is 0 Å². The number of nitrogens with zero attached hydrogens (tertiary/aromatic N) is 2. The van der Waals surface area contributed by atoms with Gasteiger partial charge < -0.3 is 15.1 Å². The van der Waals surface area contributed by atoms with Gasteiger partial charge in [-0.15, -0.1) is 0 Å². The van der Waals surface area contributed by atoms with Gasteiger partial charge in [-0.05, 0) is 48.0 Å². The summed E-state index contributed by atoms with van der Waals surface area (Å²) in [5, 5.41) is 3.53. The van der Waals surface area contributed by atoms with Crippen molar-refractivity contribution < 1.29 is 9.59 Å². The van der Waals surface area contributed by atoms with E-state index in [4.69, 9.17) is 11.6 Å². The van der Waals surface area contributed by atoms with E-state index in [0.717, 1.165) is 43.1 Å². The van der Waals surface area contributed by atoms with Crippen molar-refractivity contribution in [1.29, 1.82) is 0 Å². The molecule has 0 bridgehead atoms. The first-order chi connectivity index (χ1) is 13.5. The molecular weight excluding hydrogens is 374 g/mol. The van der Waals surface area contributed by atoms with Crippen molar-refractivity contribution in [2.24, 2.45) is 0 Å². The second-order valence-electron chi connectivity index (χ2n) is 6.64. The molecule has 2 aromatic carbocycles. The zero-order valence-electron chi connectivity index (χ0n) is 15.9. The van der Waals surface area contributed by atoms with Crippen LogP contribution in [0.1, 0.15) is 18.9 Å². The summed E-state index contributed by atoms with van der Waals surface area (Å²) in [6.45, 7) is 5.04. The lowest BCUT2D eigenvalue weighted by molar-refractivity contribution is -0.131. The van der Waals surface area contributed by atoms with Gasteiger partial charge in [-0.1, -0.05) is 30.7 Å². The predicted molar refractivity (Wildman–Crippen MR) is 115 cm³/mol. The average Bonchev–Trinajstić information content (AvgIpc) is 2.73. The third kappa shape index (κ3) is 5.36. The molecule has 1 aliphatic rings. The quantitative estimate of drug-likeness (QED) is 0.774. The van der Waals surface area contributed by atoms with Crippen LogP contribution in [0.4, 0.5) is 11.4 Å². The lowest BCUT2D eigenvalue weighted by Crippen LogP contribution is -2.48. The maximum Gasteiger partial charge on any atom is 0.248 e. The number of benzene rings is 2. The Morgan fingerprint density at radius 2 is 1.64 bits per heavy atom. The minimum absolute atomic E-state index is 0.186. The summed E-state index contributed by atoms with van der Waals surface area (Å²) in [7, 11) is 0. The van der Waals surface area contributed by atoms with E-state index >= 15 is 0 Å². The van der Waals surface area contributed by atoms with Crippen LogP contribution in [0.15, 0.2) is 54.6 Å². The Bertz CT molecular complexity index is 839. The van der Waals surface area contributed by atoms with E-state index in [1.807, 2.05) is 48.2 Å². The van der Waals surface area contributed by atoms with Crippen LogP contribution in [-0.4, -0.2) is 42.9 Å². The van der Waals surface area contributed by atoms with E-state index in [1.54, 1.807) is 18.2 Å². The summed E-state index contributed by atoms with van der Waals surface area (Å²) in [6.07, 6.45) is 3.80. The van der Waals surface area contributed by atoms with Gasteiger partial charge in [0.1, 0.15) is 0 Å². The number of rotatable bonds is 5. The van der Waals surface area contributed by atoms with Crippen molar-refractivity contribution in [2.75, 3.05) is 36.4 Å². The van der Waals surface area contributed by atoms with Gasteiger partial charge in [-0.25, -0.2) is 0 Å². The number of hydrogen-bond acceptors (Lipinski definition) is 3. The zero-order chi connectivity index (χ0) is 19.9. The van der Waals surface area contributed by atoms with Crippen LogP contribution in [0.5, 0.6) is 0 Å². The molecule has 0 spiro atoms. The maximum atomic E-state index is 12.1. The second-order valence-corrected chi connectivity index (χ2v) is 7.08. The van der Waals surface area contributed by atoms with Crippen LogP contribution in [0.25, 0.3) is 6.08 Å². The smallest absolute Gasteiger partial charge is 0.248 e. The lowest BCUT2D eigenvalue weighted by atomic mass is 10.2. The van der Waals surface area contributed by atoms with E-state index in [0.29, 0.717) is 11.4 Å². The maximum absolute atomic E-state index is 12.1. The minimum atomic E-state index is -0.186. The third-order valence-corrected chi connectivity index (χ3v) is 4.98. The summed E-state index contributed by atoms with van der Waals surface area (Å²) >= 11 is 5.85. The number of hydrogen-bond donors (Lipinski definition) is 1. The third-order valence-electron chi connectivity index (χ3n) is 4.73. The first kappa shape index (κ1) is 20.0. The normalized spacial score (nSPS) is 14.4. The number of amides is 2. The molecule has 0 aromatic heterocycles. The molecule has 146 valence electrons. The Morgan fingerprint density at radius 1 is 1.00 bits per heavy atom. The molecule has 6 heteroatoms. The number of piperazine rings is 1. The summed E-state index contributed by atoms with van der Waals surface area (Å²) in [5.74, 6) is 0.0266. The second kappa shape index (κ2) is 9.42. The molecule has 0 radical (unpaired) electrons. The molecule has 1 saturated heterocycles. The molecule has 0 atom stereocenters. The average molecular weight is 398 g/mol. The highest BCUT2D eigenvalue weighted by atomic mass is 35.5. The highest BCUT2D eigenvalue weighted by Crippen LogP contribution is 2.20.